The first kappa shape index (κ1) is 52.8. The number of fused-ring (bicyclic) bond motifs is 8. The quantitative estimate of drug-likeness (QED) is 0.127. The van der Waals surface area contributed by atoms with Crippen molar-refractivity contribution in [3.05, 3.63) is 334 Å². The van der Waals surface area contributed by atoms with Gasteiger partial charge in [0, 0.05) is 55.0 Å². The normalized spacial score (nSPS) is 12.8. The summed E-state index contributed by atoms with van der Waals surface area (Å²) in [6.45, 7) is -0.251. The van der Waals surface area contributed by atoms with Crippen LogP contribution in [0.25, 0.3) is 55.6 Å². The highest BCUT2D eigenvalue weighted by atomic mass is 32.2. The van der Waals surface area contributed by atoms with Gasteiger partial charge in [-0.3, -0.25) is 0 Å². The van der Waals surface area contributed by atoms with Crippen LogP contribution in [0.5, 0.6) is 11.5 Å². The largest absolute Gasteiger partial charge is 0.458 e. The maximum absolute atomic E-state index is 7.02. The van der Waals surface area contributed by atoms with E-state index in [1.165, 1.54) is 53.7 Å². The zero-order valence-electron chi connectivity index (χ0n) is 49.6. The van der Waals surface area contributed by atoms with Gasteiger partial charge in [-0.1, -0.05) is 272 Å². The summed E-state index contributed by atoms with van der Waals surface area (Å²) in [6.07, 6.45) is 0. The van der Waals surface area contributed by atoms with E-state index >= 15 is 0 Å². The Balaban J connectivity index is 0.942. The van der Waals surface area contributed by atoms with E-state index in [1.54, 1.807) is 0 Å². The van der Waals surface area contributed by atoms with Gasteiger partial charge < -0.3 is 19.4 Å². The Morgan fingerprint density at radius 2 is 0.681 bits per heavy atom. The van der Waals surface area contributed by atoms with Crippen LogP contribution < -0.4 is 52.2 Å². The number of para-hydroxylation sites is 4. The SMILES string of the molecule is c1ccc(-c2ccc(N(c3ccc(-c4ccccc4)cc3)c3cc4c5c(c3)N(c3ccccc3-c3ccccc3)c3cc6c(cc3B5c3ccccc3N4c3ccccc3-c3ccccc3)B3c4ccccc4Oc4cc(-c5ccccc5)cc(c43)S6)cc2)cc1. The fourth-order valence-electron chi connectivity index (χ4n) is 14.7. The van der Waals surface area contributed by atoms with Crippen molar-refractivity contribution >= 4 is 109 Å². The van der Waals surface area contributed by atoms with Gasteiger partial charge >= 0.3 is 0 Å². The minimum atomic E-state index is -0.180. The van der Waals surface area contributed by atoms with Gasteiger partial charge in [0.25, 0.3) is 13.4 Å². The highest BCUT2D eigenvalue weighted by Gasteiger charge is 2.47. The summed E-state index contributed by atoms with van der Waals surface area (Å²) in [4.78, 5) is 10.1. The second-order valence-corrected chi connectivity index (χ2v) is 24.9. The van der Waals surface area contributed by atoms with E-state index in [9.17, 15) is 0 Å². The van der Waals surface area contributed by atoms with Gasteiger partial charge in [0.2, 0.25) is 0 Å². The Morgan fingerprint density at radius 3 is 1.23 bits per heavy atom. The van der Waals surface area contributed by atoms with E-state index < -0.39 is 0 Å². The molecule has 0 saturated heterocycles. The van der Waals surface area contributed by atoms with Crippen molar-refractivity contribution in [1.82, 2.24) is 0 Å². The molecule has 18 rings (SSSR count). The van der Waals surface area contributed by atoms with Crippen LogP contribution in [0.15, 0.2) is 343 Å². The lowest BCUT2D eigenvalue weighted by Gasteiger charge is -2.46. The van der Waals surface area contributed by atoms with Crippen LogP contribution in [0.1, 0.15) is 0 Å². The molecule has 0 amide bonds. The Bertz CT molecular complexity index is 5050. The predicted molar refractivity (Wildman–Crippen MR) is 384 cm³/mol. The molecule has 0 N–H and O–H groups in total. The number of benzene rings is 14. The summed E-state index contributed by atoms with van der Waals surface area (Å²) in [5, 5.41) is 0. The van der Waals surface area contributed by atoms with E-state index in [0.717, 1.165) is 107 Å². The van der Waals surface area contributed by atoms with E-state index in [-0.39, 0.29) is 13.4 Å². The second-order valence-electron chi connectivity index (χ2n) is 23.9. The Labute approximate surface area is 535 Å². The first-order valence-electron chi connectivity index (χ1n) is 31.3. The van der Waals surface area contributed by atoms with Crippen molar-refractivity contribution in [3.8, 4) is 67.1 Å². The molecule has 0 aliphatic carbocycles. The molecule has 0 saturated carbocycles. The fraction of sp³-hybridized carbons (Fsp3) is 0. The molecule has 0 atom stereocenters. The Hall–Kier alpha value is -11.2. The van der Waals surface area contributed by atoms with Crippen LogP contribution in [0, 0.1) is 0 Å². The zero-order valence-corrected chi connectivity index (χ0v) is 50.4. The van der Waals surface area contributed by atoms with E-state index in [4.69, 9.17) is 4.74 Å². The smallest absolute Gasteiger partial charge is 0.253 e. The molecule has 91 heavy (non-hydrogen) atoms. The van der Waals surface area contributed by atoms with Crippen molar-refractivity contribution in [3.63, 3.8) is 0 Å². The van der Waals surface area contributed by atoms with Crippen LogP contribution >= 0.6 is 11.8 Å². The second kappa shape index (κ2) is 21.8. The molecule has 14 aromatic rings. The van der Waals surface area contributed by atoms with Crippen LogP contribution in [0.3, 0.4) is 0 Å². The lowest BCUT2D eigenvalue weighted by atomic mass is 9.31. The van der Waals surface area contributed by atoms with Gasteiger partial charge in [-0.05, 0) is 151 Å². The Kier molecular flexibility index (Phi) is 12.7. The Morgan fingerprint density at radius 1 is 0.253 bits per heavy atom. The van der Waals surface area contributed by atoms with Gasteiger partial charge in [-0.15, -0.1) is 0 Å². The molecular formula is C84H55B2N3OS. The van der Waals surface area contributed by atoms with Crippen LogP contribution in [0.2, 0.25) is 0 Å². The summed E-state index contributed by atoms with van der Waals surface area (Å²) < 4.78 is 7.02. The maximum atomic E-state index is 7.02. The molecule has 0 aromatic heterocycles. The van der Waals surface area contributed by atoms with Gasteiger partial charge in [-0.25, -0.2) is 0 Å². The van der Waals surface area contributed by atoms with Crippen molar-refractivity contribution in [2.24, 2.45) is 0 Å². The average Bonchev–Trinajstić information content (AvgIpc) is 0.713. The van der Waals surface area contributed by atoms with Crippen molar-refractivity contribution in [1.29, 1.82) is 0 Å². The fourth-order valence-corrected chi connectivity index (χ4v) is 15.9. The highest BCUT2D eigenvalue weighted by Crippen LogP contribution is 2.52. The van der Waals surface area contributed by atoms with E-state index in [1.807, 2.05) is 11.8 Å². The molecular weight excluding hydrogens is 1120 g/mol. The van der Waals surface area contributed by atoms with Gasteiger partial charge in [-0.2, -0.15) is 0 Å². The minimum Gasteiger partial charge on any atom is -0.458 e. The molecule has 4 aliphatic heterocycles. The summed E-state index contributed by atoms with van der Waals surface area (Å²) in [7, 11) is 0. The number of anilines is 9. The highest BCUT2D eigenvalue weighted by molar-refractivity contribution is 8.00. The number of rotatable bonds is 10. The van der Waals surface area contributed by atoms with Crippen LogP contribution in [-0.4, -0.2) is 13.4 Å². The molecule has 4 heterocycles. The maximum Gasteiger partial charge on any atom is 0.253 e. The van der Waals surface area contributed by atoms with Crippen molar-refractivity contribution in [2.75, 3.05) is 14.7 Å². The summed E-state index contributed by atoms with van der Waals surface area (Å²) in [5.41, 5.74) is 28.9. The third kappa shape index (κ3) is 8.87. The number of ether oxygens (including phenoxy) is 1. The van der Waals surface area contributed by atoms with Gasteiger partial charge in [0.1, 0.15) is 11.5 Å². The lowest BCUT2D eigenvalue weighted by Crippen LogP contribution is -2.64. The van der Waals surface area contributed by atoms with Gasteiger partial charge in [0.15, 0.2) is 0 Å². The first-order chi connectivity index (χ1) is 45.1. The molecule has 7 heteroatoms. The molecule has 0 unspecified atom stereocenters. The molecule has 14 aromatic carbocycles. The van der Waals surface area contributed by atoms with Crippen LogP contribution in [-0.2, 0) is 0 Å². The van der Waals surface area contributed by atoms with Crippen molar-refractivity contribution < 1.29 is 4.74 Å². The van der Waals surface area contributed by atoms with E-state index in [0.29, 0.717) is 0 Å². The lowest BCUT2D eigenvalue weighted by molar-refractivity contribution is 0.486. The summed E-state index contributed by atoms with van der Waals surface area (Å²) in [5.74, 6) is 1.81. The molecule has 424 valence electrons. The third-order valence-corrected chi connectivity index (χ3v) is 19.9. The molecule has 0 spiro atoms. The number of nitrogens with zero attached hydrogens (tertiary/aromatic N) is 3. The zero-order chi connectivity index (χ0) is 59.9. The summed E-state index contributed by atoms with van der Waals surface area (Å²) >= 11 is 1.87. The topological polar surface area (TPSA) is 19.0 Å². The standard InChI is InChI=1S/C84H55B2N3OS/c1-6-24-56(25-7-1)59-42-46-64(47-43-59)87(65-48-44-60(45-49-65)57-26-8-2-9-27-57)66-52-77-83-78(53-66)89(74-39-21-17-35-68(74)62-32-14-5-15-33-62)76-55-81-72(86-70-37-19-23-41-79(70)90-80-50-63(51-82(91-81)84(80)86)58-28-10-3-11-29-58)54-71(76)85(83)69-36-18-22-40-75(69)88(77)73-38-20-16-34-67(73)61-30-12-4-13-31-61/h1-55H. The van der Waals surface area contributed by atoms with E-state index in [2.05, 4.69) is 348 Å². The van der Waals surface area contributed by atoms with Crippen LogP contribution in [0.4, 0.5) is 51.2 Å². The minimum absolute atomic E-state index is 0.0715. The molecule has 0 radical (unpaired) electrons. The molecule has 0 fully saturated rings. The number of hydrogen-bond donors (Lipinski definition) is 0. The summed E-state index contributed by atoms with van der Waals surface area (Å²) in [6, 6.07) is 123. The molecule has 0 bridgehead atoms. The third-order valence-electron chi connectivity index (χ3n) is 18.8. The molecule has 4 nitrogen and oxygen atoms in total. The average molecular weight is 1180 g/mol. The van der Waals surface area contributed by atoms with Gasteiger partial charge in [0.05, 0.1) is 17.1 Å². The first-order valence-corrected chi connectivity index (χ1v) is 32.1. The molecule has 4 aliphatic rings. The monoisotopic (exact) mass is 1180 g/mol. The predicted octanol–water partition coefficient (Wildman–Crippen LogP) is 18.7. The van der Waals surface area contributed by atoms with Crippen molar-refractivity contribution in [2.45, 2.75) is 9.79 Å². The number of hydrogen-bond acceptors (Lipinski definition) is 5.